The molecular formula is C19H14N2O. The third-order valence-electron chi connectivity index (χ3n) is 4.02. The van der Waals surface area contributed by atoms with Gasteiger partial charge in [-0.3, -0.25) is 9.36 Å². The lowest BCUT2D eigenvalue weighted by atomic mass is 9.94. The van der Waals surface area contributed by atoms with Crippen molar-refractivity contribution in [3.05, 3.63) is 83.7 Å². The van der Waals surface area contributed by atoms with Crippen molar-refractivity contribution >= 4 is 23.0 Å². The minimum Gasteiger partial charge on any atom is -0.268 e. The number of para-hydroxylation sites is 2. The van der Waals surface area contributed by atoms with Crippen LogP contribution in [0.1, 0.15) is 27.3 Å². The minimum atomic E-state index is -0.00111. The van der Waals surface area contributed by atoms with Gasteiger partial charge in [-0.1, -0.05) is 49.1 Å². The molecule has 0 spiro atoms. The third-order valence-corrected chi connectivity index (χ3v) is 4.02. The summed E-state index contributed by atoms with van der Waals surface area (Å²) in [5, 5.41) is 0. The van der Waals surface area contributed by atoms with E-state index in [0.717, 1.165) is 33.5 Å². The first-order valence-electron chi connectivity index (χ1n) is 7.21. The van der Waals surface area contributed by atoms with Crippen molar-refractivity contribution < 1.29 is 4.79 Å². The van der Waals surface area contributed by atoms with Gasteiger partial charge in [0, 0.05) is 12.0 Å². The Morgan fingerprint density at radius 2 is 2.00 bits per heavy atom. The van der Waals surface area contributed by atoms with E-state index in [0.29, 0.717) is 6.42 Å². The van der Waals surface area contributed by atoms with E-state index in [9.17, 15) is 4.79 Å². The fourth-order valence-corrected chi connectivity index (χ4v) is 3.03. The lowest BCUT2D eigenvalue weighted by molar-refractivity contribution is 0.0956. The summed E-state index contributed by atoms with van der Waals surface area (Å²) in [6.45, 7) is 3.70. The first-order valence-corrected chi connectivity index (χ1v) is 7.21. The van der Waals surface area contributed by atoms with E-state index in [2.05, 4.69) is 11.6 Å². The average Bonchev–Trinajstić information content (AvgIpc) is 2.92. The van der Waals surface area contributed by atoms with E-state index in [1.165, 1.54) is 0 Å². The smallest absolute Gasteiger partial charge is 0.264 e. The summed E-state index contributed by atoms with van der Waals surface area (Å²) in [4.78, 5) is 17.5. The summed E-state index contributed by atoms with van der Waals surface area (Å²) in [5.41, 5.74) is 4.57. The maximum atomic E-state index is 12.9. The van der Waals surface area contributed by atoms with Gasteiger partial charge in [0.2, 0.25) is 0 Å². The van der Waals surface area contributed by atoms with Crippen LogP contribution in [0.5, 0.6) is 0 Å². The Morgan fingerprint density at radius 3 is 2.86 bits per heavy atom. The number of rotatable bonds is 2. The van der Waals surface area contributed by atoms with Crippen LogP contribution in [0.25, 0.3) is 17.1 Å². The SMILES string of the molecule is C=C/C=C\c1cccc2c1Cc1nc3ccccc3n1C2=O. The minimum absolute atomic E-state index is 0.00111. The molecule has 1 aromatic heterocycles. The highest BCUT2D eigenvalue weighted by atomic mass is 16.2. The fraction of sp³-hybridized carbons (Fsp3) is 0.0526. The predicted octanol–water partition coefficient (Wildman–Crippen LogP) is 3.83. The molecule has 3 nitrogen and oxygen atoms in total. The molecule has 0 saturated heterocycles. The second-order valence-corrected chi connectivity index (χ2v) is 5.30. The molecule has 0 amide bonds. The number of fused-ring (bicyclic) bond motifs is 4. The Hall–Kier alpha value is -2.94. The number of carbonyl (C=O) groups is 1. The van der Waals surface area contributed by atoms with Crippen LogP contribution in [0.15, 0.2) is 61.2 Å². The van der Waals surface area contributed by atoms with Crippen molar-refractivity contribution in [3.8, 4) is 0 Å². The van der Waals surface area contributed by atoms with Gasteiger partial charge in [-0.15, -0.1) is 0 Å². The van der Waals surface area contributed by atoms with Crippen LogP contribution >= 0.6 is 0 Å². The van der Waals surface area contributed by atoms with Crippen LogP contribution in [0.2, 0.25) is 0 Å². The topological polar surface area (TPSA) is 34.9 Å². The molecule has 2 heterocycles. The largest absolute Gasteiger partial charge is 0.268 e. The highest BCUT2D eigenvalue weighted by molar-refractivity contribution is 6.04. The molecule has 0 bridgehead atoms. The maximum absolute atomic E-state index is 12.9. The Bertz CT molecular complexity index is 947. The normalized spacial score (nSPS) is 13.4. The zero-order valence-corrected chi connectivity index (χ0v) is 12.0. The van der Waals surface area contributed by atoms with Gasteiger partial charge in [-0.05, 0) is 29.3 Å². The average molecular weight is 286 g/mol. The Morgan fingerprint density at radius 1 is 1.14 bits per heavy atom. The second-order valence-electron chi connectivity index (χ2n) is 5.30. The molecule has 4 rings (SSSR count). The van der Waals surface area contributed by atoms with Gasteiger partial charge < -0.3 is 0 Å². The standard InChI is InChI=1S/C19H14N2O/c1-2-3-7-13-8-6-9-14-15(13)12-18-20-16-10-4-5-11-17(16)21(18)19(14)22/h2-11H,1,12H2/b7-3-. The highest BCUT2D eigenvalue weighted by Crippen LogP contribution is 2.29. The van der Waals surface area contributed by atoms with E-state index >= 15 is 0 Å². The van der Waals surface area contributed by atoms with E-state index in [1.54, 1.807) is 10.6 Å². The van der Waals surface area contributed by atoms with Crippen molar-refractivity contribution in [2.24, 2.45) is 0 Å². The number of aromatic nitrogens is 2. The first-order chi connectivity index (χ1) is 10.8. The Balaban J connectivity index is 1.95. The summed E-state index contributed by atoms with van der Waals surface area (Å²) >= 11 is 0. The number of benzene rings is 2. The zero-order chi connectivity index (χ0) is 15.1. The van der Waals surface area contributed by atoms with Crippen molar-refractivity contribution in [2.45, 2.75) is 6.42 Å². The summed E-state index contributed by atoms with van der Waals surface area (Å²) in [7, 11) is 0. The lowest BCUT2D eigenvalue weighted by Gasteiger charge is -2.19. The summed E-state index contributed by atoms with van der Waals surface area (Å²) in [6, 6.07) is 13.6. The summed E-state index contributed by atoms with van der Waals surface area (Å²) in [5.74, 6) is 0.803. The Labute approximate surface area is 128 Å². The van der Waals surface area contributed by atoms with E-state index in [1.807, 2.05) is 54.6 Å². The number of hydrogen-bond donors (Lipinski definition) is 0. The van der Waals surface area contributed by atoms with E-state index < -0.39 is 0 Å². The number of imidazole rings is 1. The molecule has 1 aliphatic rings. The molecule has 0 N–H and O–H groups in total. The number of hydrogen-bond acceptors (Lipinski definition) is 2. The molecule has 0 unspecified atom stereocenters. The van der Waals surface area contributed by atoms with Gasteiger partial charge in [0.05, 0.1) is 11.0 Å². The fourth-order valence-electron chi connectivity index (χ4n) is 3.03. The van der Waals surface area contributed by atoms with Crippen LogP contribution in [0, 0.1) is 0 Å². The van der Waals surface area contributed by atoms with Crippen LogP contribution in [-0.4, -0.2) is 15.5 Å². The number of allylic oxidation sites excluding steroid dienone is 2. The number of nitrogens with zero attached hydrogens (tertiary/aromatic N) is 2. The second kappa shape index (κ2) is 4.81. The van der Waals surface area contributed by atoms with Gasteiger partial charge in [-0.2, -0.15) is 0 Å². The molecular weight excluding hydrogens is 272 g/mol. The maximum Gasteiger partial charge on any atom is 0.264 e. The molecule has 3 heteroatoms. The highest BCUT2D eigenvalue weighted by Gasteiger charge is 2.27. The van der Waals surface area contributed by atoms with Crippen molar-refractivity contribution in [1.29, 1.82) is 0 Å². The van der Waals surface area contributed by atoms with Crippen molar-refractivity contribution in [3.63, 3.8) is 0 Å². The van der Waals surface area contributed by atoms with Crippen molar-refractivity contribution in [2.75, 3.05) is 0 Å². The van der Waals surface area contributed by atoms with Crippen LogP contribution < -0.4 is 0 Å². The zero-order valence-electron chi connectivity index (χ0n) is 12.0. The van der Waals surface area contributed by atoms with Gasteiger partial charge in [0.15, 0.2) is 0 Å². The predicted molar refractivity (Wildman–Crippen MR) is 87.9 cm³/mol. The molecule has 0 aliphatic carbocycles. The first kappa shape index (κ1) is 12.8. The molecule has 22 heavy (non-hydrogen) atoms. The quantitative estimate of drug-likeness (QED) is 0.525. The molecule has 0 saturated carbocycles. The Kier molecular flexibility index (Phi) is 2.79. The van der Waals surface area contributed by atoms with E-state index in [4.69, 9.17) is 0 Å². The molecule has 1 aliphatic heterocycles. The third kappa shape index (κ3) is 1.76. The molecule has 0 atom stereocenters. The van der Waals surface area contributed by atoms with Crippen molar-refractivity contribution in [1.82, 2.24) is 9.55 Å². The van der Waals surface area contributed by atoms with Gasteiger partial charge in [0.25, 0.3) is 5.91 Å². The molecule has 2 aromatic carbocycles. The molecule has 3 aromatic rings. The van der Waals surface area contributed by atoms with Gasteiger partial charge in [-0.25, -0.2) is 4.98 Å². The lowest BCUT2D eigenvalue weighted by Crippen LogP contribution is -2.23. The number of carbonyl (C=O) groups excluding carboxylic acids is 1. The molecule has 0 radical (unpaired) electrons. The van der Waals surface area contributed by atoms with Gasteiger partial charge >= 0.3 is 0 Å². The summed E-state index contributed by atoms with van der Waals surface area (Å²) in [6.07, 6.45) is 6.27. The van der Waals surface area contributed by atoms with E-state index in [-0.39, 0.29) is 5.91 Å². The van der Waals surface area contributed by atoms with Crippen LogP contribution in [0.4, 0.5) is 0 Å². The van der Waals surface area contributed by atoms with Crippen LogP contribution in [0.3, 0.4) is 0 Å². The van der Waals surface area contributed by atoms with Crippen LogP contribution in [-0.2, 0) is 6.42 Å². The monoisotopic (exact) mass is 286 g/mol. The van der Waals surface area contributed by atoms with Gasteiger partial charge in [0.1, 0.15) is 5.82 Å². The summed E-state index contributed by atoms with van der Waals surface area (Å²) < 4.78 is 1.73. The molecule has 0 fully saturated rings. The molecule has 106 valence electrons.